The number of allylic oxidation sites excluding steroid dienone is 4. The van der Waals surface area contributed by atoms with Gasteiger partial charge in [0.25, 0.3) is 0 Å². The Morgan fingerprint density at radius 2 is 1.82 bits per heavy atom. The summed E-state index contributed by atoms with van der Waals surface area (Å²) in [4.78, 5) is 0. The normalized spacial score (nSPS) is 19.0. The molecule has 0 saturated carbocycles. The molecular weight excluding hydrogens is 589 g/mol. The Kier molecular flexibility index (Phi) is 11.5. The first-order valence-electron chi connectivity index (χ1n) is 15.7. The Labute approximate surface area is 269 Å². The number of aryl methyl sites for hydroxylation is 1. The highest BCUT2D eigenvalue weighted by atomic mass is 35.5. The number of nitrogens with zero attached hydrogens (tertiary/aromatic N) is 1. The second-order valence-electron chi connectivity index (χ2n) is 11.6. The minimum Gasteiger partial charge on any atom is -0.488 e. The fourth-order valence-electron chi connectivity index (χ4n) is 6.01. The molecule has 3 aromatic carbocycles. The summed E-state index contributed by atoms with van der Waals surface area (Å²) in [5.74, 6) is 0.816. The molecule has 5 nitrogen and oxygen atoms in total. The first kappa shape index (κ1) is 32.5. The van der Waals surface area contributed by atoms with Gasteiger partial charge in [0, 0.05) is 36.3 Å². The molecule has 0 heterocycles. The third kappa shape index (κ3) is 8.23. The molecule has 3 aromatic rings. The summed E-state index contributed by atoms with van der Waals surface area (Å²) in [6.45, 7) is 0.214. The summed E-state index contributed by atoms with van der Waals surface area (Å²) in [5.41, 5.74) is 6.05. The van der Waals surface area contributed by atoms with Crippen molar-refractivity contribution in [3.8, 4) is 28.7 Å². The van der Waals surface area contributed by atoms with Crippen LogP contribution >= 0.6 is 11.6 Å². The molecule has 0 fully saturated rings. The van der Waals surface area contributed by atoms with Crippen molar-refractivity contribution in [2.45, 2.75) is 57.5 Å². The SMILES string of the molecule is N#CC1=C/CC\C=C/C(COc2cc(O[C@H]3CCc4c(-c5ccccc5F)cccc43)c(Cl)cc2CCCCC(CO)CO)=C\1. The van der Waals surface area contributed by atoms with Crippen molar-refractivity contribution < 1.29 is 24.1 Å². The number of hydrogen-bond donors (Lipinski definition) is 2. The summed E-state index contributed by atoms with van der Waals surface area (Å²) < 4.78 is 27.6. The highest BCUT2D eigenvalue weighted by molar-refractivity contribution is 6.32. The van der Waals surface area contributed by atoms with Crippen LogP contribution in [0.25, 0.3) is 11.1 Å². The number of hydrogen-bond acceptors (Lipinski definition) is 5. The molecule has 0 aliphatic heterocycles. The van der Waals surface area contributed by atoms with Gasteiger partial charge in [-0.1, -0.05) is 72.6 Å². The maximum atomic E-state index is 14.7. The molecule has 1 atom stereocenters. The molecule has 0 spiro atoms. The highest BCUT2D eigenvalue weighted by Gasteiger charge is 2.28. The quantitative estimate of drug-likeness (QED) is 0.185. The molecule has 2 N–H and O–H groups in total. The highest BCUT2D eigenvalue weighted by Crippen LogP contribution is 2.43. The number of ether oxygens (including phenoxy) is 2. The zero-order valence-electron chi connectivity index (χ0n) is 25.4. The Bertz CT molecular complexity index is 1620. The van der Waals surface area contributed by atoms with Crippen molar-refractivity contribution in [1.29, 1.82) is 5.26 Å². The number of nitriles is 1. The Balaban J connectivity index is 1.39. The van der Waals surface area contributed by atoms with Crippen molar-refractivity contribution in [3.05, 3.63) is 118 Å². The summed E-state index contributed by atoms with van der Waals surface area (Å²) in [7, 11) is 0. The fourth-order valence-corrected chi connectivity index (χ4v) is 6.24. The lowest BCUT2D eigenvalue weighted by Gasteiger charge is -2.20. The minimum absolute atomic E-state index is 0.0312. The van der Waals surface area contributed by atoms with E-state index in [1.807, 2.05) is 60.7 Å². The minimum atomic E-state index is -0.245. The lowest BCUT2D eigenvalue weighted by Crippen LogP contribution is -2.10. The van der Waals surface area contributed by atoms with Crippen LogP contribution in [-0.2, 0) is 12.8 Å². The van der Waals surface area contributed by atoms with E-state index in [9.17, 15) is 19.9 Å². The molecular formula is C38H39ClFNO4. The molecule has 0 aromatic heterocycles. The summed E-state index contributed by atoms with van der Waals surface area (Å²) in [5, 5.41) is 28.8. The smallest absolute Gasteiger partial charge is 0.142 e. The first-order chi connectivity index (χ1) is 22.0. The standard InChI is InChI=1S/C38H39ClFNO4/c39-34-20-29(12-5-4-11-28(23-42)24-43)37(44-25-27-10-3-1-2-9-26(19-27)22-41)21-38(34)45-36-18-17-31-30(14-8-15-33(31)36)32-13-6-7-16-35(32)40/h3,6-10,13-16,19-21,28,36,42-43H,1-2,4-5,11-12,17-18,23-25H2/b10-3-,26-9+,27-19+/t36-/m0/s1. The maximum absolute atomic E-state index is 14.7. The van der Waals surface area contributed by atoms with Crippen molar-refractivity contribution >= 4 is 11.6 Å². The van der Waals surface area contributed by atoms with Crippen LogP contribution in [0.2, 0.25) is 5.02 Å². The van der Waals surface area contributed by atoms with Gasteiger partial charge in [0.2, 0.25) is 0 Å². The van der Waals surface area contributed by atoms with Crippen LogP contribution in [0.1, 0.15) is 61.3 Å². The van der Waals surface area contributed by atoms with E-state index in [1.165, 1.54) is 6.07 Å². The zero-order valence-corrected chi connectivity index (χ0v) is 26.1. The van der Waals surface area contributed by atoms with Gasteiger partial charge in [0.15, 0.2) is 0 Å². The van der Waals surface area contributed by atoms with Gasteiger partial charge in [-0.3, -0.25) is 0 Å². The molecule has 234 valence electrons. The number of unbranched alkanes of at least 4 members (excludes halogenated alkanes) is 1. The summed E-state index contributed by atoms with van der Waals surface area (Å²) >= 11 is 6.83. The number of aliphatic hydroxyl groups excluding tert-OH is 2. The predicted octanol–water partition coefficient (Wildman–Crippen LogP) is 8.63. The van der Waals surface area contributed by atoms with E-state index in [-0.39, 0.29) is 37.7 Å². The second-order valence-corrected chi connectivity index (χ2v) is 12.0. The largest absolute Gasteiger partial charge is 0.488 e. The van der Waals surface area contributed by atoms with E-state index in [4.69, 9.17) is 21.1 Å². The zero-order chi connectivity index (χ0) is 31.6. The van der Waals surface area contributed by atoms with Crippen LogP contribution in [0.5, 0.6) is 11.5 Å². The number of benzene rings is 3. The Hall–Kier alpha value is -3.89. The van der Waals surface area contributed by atoms with E-state index in [2.05, 4.69) is 12.1 Å². The molecule has 0 amide bonds. The average molecular weight is 628 g/mol. The van der Waals surface area contributed by atoms with E-state index in [1.54, 1.807) is 6.07 Å². The topological polar surface area (TPSA) is 82.7 Å². The van der Waals surface area contributed by atoms with Gasteiger partial charge in [-0.05, 0) is 91.0 Å². The molecule has 0 radical (unpaired) electrons. The number of rotatable bonds is 13. The van der Waals surface area contributed by atoms with E-state index in [0.717, 1.165) is 72.8 Å². The van der Waals surface area contributed by atoms with Crippen LogP contribution in [0.15, 0.2) is 90.0 Å². The Morgan fingerprint density at radius 1 is 1.00 bits per heavy atom. The van der Waals surface area contributed by atoms with Gasteiger partial charge >= 0.3 is 0 Å². The number of aliphatic hydroxyl groups is 2. The third-order valence-corrected chi connectivity index (χ3v) is 8.78. The molecule has 45 heavy (non-hydrogen) atoms. The van der Waals surface area contributed by atoms with Crippen LogP contribution in [0.4, 0.5) is 4.39 Å². The van der Waals surface area contributed by atoms with Crippen LogP contribution in [-0.4, -0.2) is 30.0 Å². The molecule has 0 saturated heterocycles. The van der Waals surface area contributed by atoms with Crippen molar-refractivity contribution in [1.82, 2.24) is 0 Å². The van der Waals surface area contributed by atoms with Crippen molar-refractivity contribution in [2.24, 2.45) is 5.92 Å². The summed E-state index contributed by atoms with van der Waals surface area (Å²) in [6.07, 6.45) is 13.9. The predicted molar refractivity (Wildman–Crippen MR) is 176 cm³/mol. The molecule has 0 bridgehead atoms. The van der Waals surface area contributed by atoms with Gasteiger partial charge in [0.05, 0.1) is 11.1 Å². The van der Waals surface area contributed by atoms with Crippen LogP contribution < -0.4 is 9.47 Å². The lowest BCUT2D eigenvalue weighted by molar-refractivity contribution is 0.141. The molecule has 5 rings (SSSR count). The van der Waals surface area contributed by atoms with Crippen LogP contribution in [0.3, 0.4) is 0 Å². The van der Waals surface area contributed by atoms with Gasteiger partial charge in [-0.25, -0.2) is 4.39 Å². The van der Waals surface area contributed by atoms with Crippen molar-refractivity contribution in [2.75, 3.05) is 19.8 Å². The van der Waals surface area contributed by atoms with Gasteiger partial charge in [-0.2, -0.15) is 5.26 Å². The van der Waals surface area contributed by atoms with Crippen molar-refractivity contribution in [3.63, 3.8) is 0 Å². The van der Waals surface area contributed by atoms with Crippen LogP contribution in [0, 0.1) is 23.1 Å². The second kappa shape index (κ2) is 15.9. The monoisotopic (exact) mass is 627 g/mol. The fraction of sp³-hybridized carbons (Fsp3) is 0.342. The summed E-state index contributed by atoms with van der Waals surface area (Å²) in [6, 6.07) is 18.8. The molecule has 2 aliphatic carbocycles. The first-order valence-corrected chi connectivity index (χ1v) is 16.1. The Morgan fingerprint density at radius 3 is 2.62 bits per heavy atom. The maximum Gasteiger partial charge on any atom is 0.142 e. The number of halogens is 2. The molecule has 7 heteroatoms. The molecule has 2 aliphatic rings. The van der Waals surface area contributed by atoms with Gasteiger partial charge < -0.3 is 19.7 Å². The molecule has 0 unspecified atom stereocenters. The van der Waals surface area contributed by atoms with Gasteiger partial charge in [-0.15, -0.1) is 0 Å². The lowest BCUT2D eigenvalue weighted by atomic mass is 9.96. The van der Waals surface area contributed by atoms with E-state index < -0.39 is 0 Å². The number of fused-ring (bicyclic) bond motifs is 1. The third-order valence-electron chi connectivity index (χ3n) is 8.48. The average Bonchev–Trinajstić information content (AvgIpc) is 3.45. The van der Waals surface area contributed by atoms with E-state index >= 15 is 0 Å². The van der Waals surface area contributed by atoms with E-state index in [0.29, 0.717) is 34.1 Å². The van der Waals surface area contributed by atoms with Gasteiger partial charge in [0.1, 0.15) is 30.0 Å².